The standard InChI is InChI=1S/C19H20FN3OS/c1-13(14-7-9-15(20)10-8-14)21-19(25)22-16-4-2-5-17(12-16)23-11-3-6-18(23)24/h2,4-5,7-10,12-13H,3,6,11H2,1H3,(H2,21,22,25)/t13-/m0/s1. The minimum Gasteiger partial charge on any atom is -0.356 e. The number of nitrogens with one attached hydrogen (secondary N) is 2. The number of anilines is 2. The van der Waals surface area contributed by atoms with Gasteiger partial charge in [-0.3, -0.25) is 4.79 Å². The van der Waals surface area contributed by atoms with Crippen molar-refractivity contribution in [3.8, 4) is 0 Å². The van der Waals surface area contributed by atoms with E-state index in [2.05, 4.69) is 10.6 Å². The van der Waals surface area contributed by atoms with Crippen LogP contribution in [0, 0.1) is 5.82 Å². The number of carbonyl (C=O) groups is 1. The van der Waals surface area contributed by atoms with E-state index in [1.54, 1.807) is 17.0 Å². The highest BCUT2D eigenvalue weighted by atomic mass is 32.1. The highest BCUT2D eigenvalue weighted by Crippen LogP contribution is 2.24. The fraction of sp³-hybridized carbons (Fsp3) is 0.263. The van der Waals surface area contributed by atoms with Crippen molar-refractivity contribution in [3.05, 3.63) is 59.9 Å². The smallest absolute Gasteiger partial charge is 0.227 e. The van der Waals surface area contributed by atoms with E-state index in [0.717, 1.165) is 29.9 Å². The third kappa shape index (κ3) is 4.33. The molecule has 25 heavy (non-hydrogen) atoms. The molecule has 0 unspecified atom stereocenters. The van der Waals surface area contributed by atoms with Crippen LogP contribution in [-0.2, 0) is 4.79 Å². The summed E-state index contributed by atoms with van der Waals surface area (Å²) in [5.74, 6) is -0.104. The fourth-order valence-corrected chi connectivity index (χ4v) is 3.17. The van der Waals surface area contributed by atoms with Crippen LogP contribution in [-0.4, -0.2) is 17.6 Å². The first kappa shape index (κ1) is 17.4. The normalized spacial score (nSPS) is 15.1. The number of hydrogen-bond donors (Lipinski definition) is 2. The van der Waals surface area contributed by atoms with Gasteiger partial charge in [-0.15, -0.1) is 0 Å². The number of amides is 1. The molecule has 3 rings (SSSR count). The predicted octanol–water partition coefficient (Wildman–Crippen LogP) is 4.00. The van der Waals surface area contributed by atoms with Crippen LogP contribution in [0.5, 0.6) is 0 Å². The third-order valence-corrected chi connectivity index (χ3v) is 4.43. The van der Waals surface area contributed by atoms with Gasteiger partial charge in [-0.1, -0.05) is 18.2 Å². The summed E-state index contributed by atoms with van der Waals surface area (Å²) in [7, 11) is 0. The van der Waals surface area contributed by atoms with Gasteiger partial charge in [0, 0.05) is 24.3 Å². The lowest BCUT2D eigenvalue weighted by atomic mass is 10.1. The SMILES string of the molecule is C[C@H](NC(=S)Nc1cccc(N2CCCC2=O)c1)c1ccc(F)cc1. The molecule has 2 aromatic rings. The van der Waals surface area contributed by atoms with Crippen LogP contribution in [0.15, 0.2) is 48.5 Å². The summed E-state index contributed by atoms with van der Waals surface area (Å²) in [6, 6.07) is 13.9. The molecule has 6 heteroatoms. The molecular weight excluding hydrogens is 337 g/mol. The zero-order valence-electron chi connectivity index (χ0n) is 14.0. The van der Waals surface area contributed by atoms with Crippen LogP contribution in [0.3, 0.4) is 0 Å². The molecule has 0 aliphatic carbocycles. The monoisotopic (exact) mass is 357 g/mol. The van der Waals surface area contributed by atoms with Crippen LogP contribution >= 0.6 is 12.2 Å². The molecular formula is C19H20FN3OS. The average Bonchev–Trinajstić information content (AvgIpc) is 3.01. The van der Waals surface area contributed by atoms with Crippen LogP contribution in [0.1, 0.15) is 31.4 Å². The lowest BCUT2D eigenvalue weighted by Gasteiger charge is -2.19. The Morgan fingerprint density at radius 2 is 2.00 bits per heavy atom. The summed E-state index contributed by atoms with van der Waals surface area (Å²) in [4.78, 5) is 13.7. The van der Waals surface area contributed by atoms with E-state index in [1.165, 1.54) is 12.1 Å². The van der Waals surface area contributed by atoms with E-state index in [-0.39, 0.29) is 17.8 Å². The molecule has 4 nitrogen and oxygen atoms in total. The second kappa shape index (κ2) is 7.61. The lowest BCUT2D eigenvalue weighted by molar-refractivity contribution is -0.117. The Balaban J connectivity index is 1.62. The van der Waals surface area contributed by atoms with Crippen LogP contribution in [0.4, 0.5) is 15.8 Å². The van der Waals surface area contributed by atoms with Gasteiger partial charge >= 0.3 is 0 Å². The maximum atomic E-state index is 13.0. The topological polar surface area (TPSA) is 44.4 Å². The first-order chi connectivity index (χ1) is 12.0. The maximum Gasteiger partial charge on any atom is 0.227 e. The summed E-state index contributed by atoms with van der Waals surface area (Å²) in [5, 5.41) is 6.79. The lowest BCUT2D eigenvalue weighted by Crippen LogP contribution is -2.31. The number of hydrogen-bond acceptors (Lipinski definition) is 2. The second-order valence-corrected chi connectivity index (χ2v) is 6.48. The molecule has 1 amide bonds. The number of rotatable bonds is 4. The molecule has 2 aromatic carbocycles. The van der Waals surface area contributed by atoms with Gasteiger partial charge in [0.1, 0.15) is 5.82 Å². The highest BCUT2D eigenvalue weighted by molar-refractivity contribution is 7.80. The zero-order valence-corrected chi connectivity index (χ0v) is 14.8. The molecule has 0 aromatic heterocycles. The van der Waals surface area contributed by atoms with Crippen LogP contribution in [0.25, 0.3) is 0 Å². The molecule has 1 heterocycles. The van der Waals surface area contributed by atoms with Crippen molar-refractivity contribution in [3.63, 3.8) is 0 Å². The van der Waals surface area contributed by atoms with Gasteiger partial charge in [-0.2, -0.15) is 0 Å². The van der Waals surface area contributed by atoms with Crippen molar-refractivity contribution in [2.45, 2.75) is 25.8 Å². The number of carbonyl (C=O) groups excluding carboxylic acids is 1. The average molecular weight is 357 g/mol. The maximum absolute atomic E-state index is 13.0. The van der Waals surface area contributed by atoms with Gasteiger partial charge < -0.3 is 15.5 Å². The number of halogens is 1. The van der Waals surface area contributed by atoms with Gasteiger partial charge in [0.25, 0.3) is 0 Å². The molecule has 2 N–H and O–H groups in total. The van der Waals surface area contributed by atoms with Crippen molar-refractivity contribution in [1.82, 2.24) is 5.32 Å². The van der Waals surface area contributed by atoms with Crippen LogP contribution < -0.4 is 15.5 Å². The van der Waals surface area contributed by atoms with E-state index in [9.17, 15) is 9.18 Å². The molecule has 130 valence electrons. The summed E-state index contributed by atoms with van der Waals surface area (Å²) < 4.78 is 13.0. The minimum atomic E-state index is -0.259. The molecule has 1 aliphatic heterocycles. The molecule has 0 spiro atoms. The Hall–Kier alpha value is -2.47. The molecule has 0 saturated carbocycles. The Morgan fingerprint density at radius 1 is 1.24 bits per heavy atom. The molecule has 1 saturated heterocycles. The molecule has 0 radical (unpaired) electrons. The van der Waals surface area contributed by atoms with Gasteiger partial charge in [-0.25, -0.2) is 4.39 Å². The van der Waals surface area contributed by atoms with Gasteiger partial charge in [-0.05, 0) is 61.5 Å². The summed E-state index contributed by atoms with van der Waals surface area (Å²) >= 11 is 5.36. The Bertz CT molecular complexity index is 778. The van der Waals surface area contributed by atoms with E-state index < -0.39 is 0 Å². The number of thiocarbonyl (C=S) groups is 1. The van der Waals surface area contributed by atoms with Crippen molar-refractivity contribution in [2.24, 2.45) is 0 Å². The minimum absolute atomic E-state index is 0.0519. The fourth-order valence-electron chi connectivity index (χ4n) is 2.87. The van der Waals surface area contributed by atoms with Crippen molar-refractivity contribution < 1.29 is 9.18 Å². The van der Waals surface area contributed by atoms with Gasteiger partial charge in [0.2, 0.25) is 5.91 Å². The van der Waals surface area contributed by atoms with E-state index in [0.29, 0.717) is 11.5 Å². The van der Waals surface area contributed by atoms with Gasteiger partial charge in [0.15, 0.2) is 5.11 Å². The highest BCUT2D eigenvalue weighted by Gasteiger charge is 2.21. The van der Waals surface area contributed by atoms with Gasteiger partial charge in [0.05, 0.1) is 6.04 Å². The number of nitrogens with zero attached hydrogens (tertiary/aromatic N) is 1. The summed E-state index contributed by atoms with van der Waals surface area (Å²) in [5.41, 5.74) is 2.64. The summed E-state index contributed by atoms with van der Waals surface area (Å²) in [6.07, 6.45) is 1.50. The Kier molecular flexibility index (Phi) is 5.28. The Morgan fingerprint density at radius 3 is 2.68 bits per heavy atom. The van der Waals surface area contributed by atoms with Crippen LogP contribution in [0.2, 0.25) is 0 Å². The predicted molar refractivity (Wildman–Crippen MR) is 102 cm³/mol. The zero-order chi connectivity index (χ0) is 17.8. The van der Waals surface area contributed by atoms with Crippen molar-refractivity contribution >= 4 is 34.6 Å². The van der Waals surface area contributed by atoms with Crippen molar-refractivity contribution in [1.29, 1.82) is 0 Å². The van der Waals surface area contributed by atoms with E-state index in [4.69, 9.17) is 12.2 Å². The number of benzene rings is 2. The molecule has 0 bridgehead atoms. The van der Waals surface area contributed by atoms with Crippen molar-refractivity contribution in [2.75, 3.05) is 16.8 Å². The molecule has 1 fully saturated rings. The largest absolute Gasteiger partial charge is 0.356 e. The first-order valence-electron chi connectivity index (χ1n) is 8.26. The third-order valence-electron chi connectivity index (χ3n) is 4.21. The quantitative estimate of drug-likeness (QED) is 0.812. The van der Waals surface area contributed by atoms with E-state index in [1.807, 2.05) is 31.2 Å². The molecule has 1 aliphatic rings. The second-order valence-electron chi connectivity index (χ2n) is 6.07. The molecule has 1 atom stereocenters. The Labute approximate surface area is 152 Å². The summed E-state index contributed by atoms with van der Waals surface area (Å²) in [6.45, 7) is 2.72. The first-order valence-corrected chi connectivity index (χ1v) is 8.67. The van der Waals surface area contributed by atoms with E-state index >= 15 is 0 Å².